The van der Waals surface area contributed by atoms with Crippen molar-refractivity contribution < 1.29 is 9.84 Å². The monoisotopic (exact) mass is 440 g/mol. The van der Waals surface area contributed by atoms with E-state index in [-0.39, 0.29) is 36.4 Å². The highest BCUT2D eigenvalue weighted by Crippen LogP contribution is 2.16. The molecule has 1 aromatic carbocycles. The SMILES string of the molecule is CC(/C=C/c1ccccc1)=N/Nc1nc2c(c(=O)[nH]c(=O)n2C)n1C[C@@H](O)COC(C)C. The standard InChI is InChI=1S/C22H28N6O4/c1-14(2)32-13-17(29)12-28-18-19(27(4)22(31)24-20(18)30)23-21(28)26-25-15(3)10-11-16-8-6-5-7-9-16/h5-11,14,17,29H,12-13H2,1-4H3,(H,23,26)(H,24,30,31)/b11-10+,25-15-/t17-/m1/s1. The molecule has 0 fully saturated rings. The van der Waals surface area contributed by atoms with Crippen LogP contribution in [0.25, 0.3) is 17.2 Å². The number of H-pyrrole nitrogens is 1. The van der Waals surface area contributed by atoms with Crippen molar-refractivity contribution in [2.24, 2.45) is 12.1 Å². The third-order valence-electron chi connectivity index (χ3n) is 4.67. The summed E-state index contributed by atoms with van der Waals surface area (Å²) >= 11 is 0. The van der Waals surface area contributed by atoms with Gasteiger partial charge in [0, 0.05) is 7.05 Å². The zero-order valence-electron chi connectivity index (χ0n) is 18.6. The first-order chi connectivity index (χ1) is 15.3. The Morgan fingerprint density at radius 1 is 1.31 bits per heavy atom. The molecule has 0 bridgehead atoms. The second-order valence-corrected chi connectivity index (χ2v) is 7.68. The van der Waals surface area contributed by atoms with Crippen molar-refractivity contribution in [1.29, 1.82) is 0 Å². The number of aliphatic hydroxyl groups is 1. The van der Waals surface area contributed by atoms with Gasteiger partial charge in [-0.05, 0) is 32.4 Å². The first-order valence-corrected chi connectivity index (χ1v) is 10.3. The van der Waals surface area contributed by atoms with E-state index in [1.54, 1.807) is 0 Å². The summed E-state index contributed by atoms with van der Waals surface area (Å²) in [6, 6.07) is 9.79. The lowest BCUT2D eigenvalue weighted by Crippen LogP contribution is -2.30. The lowest BCUT2D eigenvalue weighted by Gasteiger charge is -2.15. The van der Waals surface area contributed by atoms with Gasteiger partial charge in [0.25, 0.3) is 5.56 Å². The maximum atomic E-state index is 12.5. The van der Waals surface area contributed by atoms with E-state index in [1.807, 2.05) is 63.3 Å². The highest BCUT2D eigenvalue weighted by atomic mass is 16.5. The zero-order valence-corrected chi connectivity index (χ0v) is 18.6. The van der Waals surface area contributed by atoms with Crippen LogP contribution >= 0.6 is 0 Å². The predicted molar refractivity (Wildman–Crippen MR) is 125 cm³/mol. The van der Waals surface area contributed by atoms with E-state index < -0.39 is 17.4 Å². The van der Waals surface area contributed by atoms with Crippen LogP contribution in [0.1, 0.15) is 26.3 Å². The lowest BCUT2D eigenvalue weighted by molar-refractivity contribution is -0.000105. The molecule has 2 aromatic heterocycles. The molecular formula is C22H28N6O4. The lowest BCUT2D eigenvalue weighted by atomic mass is 10.2. The van der Waals surface area contributed by atoms with E-state index in [9.17, 15) is 14.7 Å². The van der Waals surface area contributed by atoms with E-state index in [4.69, 9.17) is 4.74 Å². The Morgan fingerprint density at radius 2 is 2.03 bits per heavy atom. The minimum atomic E-state index is -0.893. The molecule has 0 radical (unpaired) electrons. The highest BCUT2D eigenvalue weighted by Gasteiger charge is 2.19. The van der Waals surface area contributed by atoms with Crippen LogP contribution in [0.15, 0.2) is 51.1 Å². The summed E-state index contributed by atoms with van der Waals surface area (Å²) in [5.41, 5.74) is 3.72. The van der Waals surface area contributed by atoms with Crippen molar-refractivity contribution in [3.05, 3.63) is 62.8 Å². The molecule has 0 aliphatic carbocycles. The first-order valence-electron chi connectivity index (χ1n) is 10.3. The molecule has 3 aromatic rings. The largest absolute Gasteiger partial charge is 0.389 e. The second kappa shape index (κ2) is 10.2. The summed E-state index contributed by atoms with van der Waals surface area (Å²) < 4.78 is 8.20. The van der Waals surface area contributed by atoms with Gasteiger partial charge in [0.1, 0.15) is 0 Å². The number of nitrogens with zero attached hydrogens (tertiary/aromatic N) is 4. The number of benzene rings is 1. The number of ether oxygens (including phenoxy) is 1. The van der Waals surface area contributed by atoms with Crippen LogP contribution in [-0.4, -0.2) is 48.7 Å². The van der Waals surface area contributed by atoms with Gasteiger partial charge in [0.15, 0.2) is 11.2 Å². The molecule has 170 valence electrons. The molecule has 0 saturated heterocycles. The number of allylic oxidation sites excluding steroid dienone is 1. The second-order valence-electron chi connectivity index (χ2n) is 7.68. The topological polar surface area (TPSA) is 127 Å². The van der Waals surface area contributed by atoms with Crippen LogP contribution in [-0.2, 0) is 18.3 Å². The van der Waals surface area contributed by atoms with Gasteiger partial charge in [-0.2, -0.15) is 10.1 Å². The summed E-state index contributed by atoms with van der Waals surface area (Å²) in [7, 11) is 1.51. The van der Waals surface area contributed by atoms with E-state index in [1.165, 1.54) is 16.2 Å². The van der Waals surface area contributed by atoms with Crippen molar-refractivity contribution in [2.45, 2.75) is 39.5 Å². The number of aromatic amines is 1. The Bertz CT molecular complexity index is 1240. The first kappa shape index (κ1) is 23.2. The van der Waals surface area contributed by atoms with Crippen LogP contribution in [0.5, 0.6) is 0 Å². The third-order valence-corrected chi connectivity index (χ3v) is 4.67. The number of imidazole rings is 1. The normalized spacial score (nSPS) is 13.4. The molecule has 3 N–H and O–H groups in total. The van der Waals surface area contributed by atoms with Crippen molar-refractivity contribution in [1.82, 2.24) is 19.1 Å². The Labute approximate surface area is 184 Å². The summed E-state index contributed by atoms with van der Waals surface area (Å²) in [6.07, 6.45) is 2.82. The fraction of sp³-hybridized carbons (Fsp3) is 0.364. The van der Waals surface area contributed by atoms with Crippen molar-refractivity contribution in [2.75, 3.05) is 12.0 Å². The van der Waals surface area contributed by atoms with Gasteiger partial charge >= 0.3 is 5.69 Å². The Morgan fingerprint density at radius 3 is 2.72 bits per heavy atom. The number of hydrogen-bond donors (Lipinski definition) is 3. The van der Waals surface area contributed by atoms with Crippen LogP contribution in [0.3, 0.4) is 0 Å². The molecule has 32 heavy (non-hydrogen) atoms. The third kappa shape index (κ3) is 5.59. The van der Waals surface area contributed by atoms with E-state index in [2.05, 4.69) is 20.5 Å². The summed E-state index contributed by atoms with van der Waals surface area (Å²) in [6.45, 7) is 5.66. The van der Waals surface area contributed by atoms with Gasteiger partial charge in [-0.3, -0.25) is 14.3 Å². The van der Waals surface area contributed by atoms with Crippen LogP contribution in [0, 0.1) is 0 Å². The van der Waals surface area contributed by atoms with Crippen LogP contribution < -0.4 is 16.7 Å². The Kier molecular flexibility index (Phi) is 7.39. The molecule has 10 nitrogen and oxygen atoms in total. The molecule has 0 aliphatic heterocycles. The summed E-state index contributed by atoms with van der Waals surface area (Å²) in [5, 5.41) is 14.7. The number of aryl methyl sites for hydroxylation is 1. The molecule has 2 heterocycles. The van der Waals surface area contributed by atoms with Gasteiger partial charge in [0.05, 0.1) is 31.1 Å². The maximum Gasteiger partial charge on any atom is 0.329 e. The predicted octanol–water partition coefficient (Wildman–Crippen LogP) is 1.71. The number of rotatable bonds is 9. The van der Waals surface area contributed by atoms with Crippen LogP contribution in [0.4, 0.5) is 5.95 Å². The molecule has 10 heteroatoms. The fourth-order valence-electron chi connectivity index (χ4n) is 3.02. The highest BCUT2D eigenvalue weighted by molar-refractivity contribution is 5.96. The molecule has 0 unspecified atom stereocenters. The van der Waals surface area contributed by atoms with E-state index >= 15 is 0 Å². The van der Waals surface area contributed by atoms with Gasteiger partial charge in [-0.1, -0.05) is 36.4 Å². The number of hydrazone groups is 1. The molecule has 1 atom stereocenters. The number of aliphatic hydroxyl groups excluding tert-OH is 1. The molecule has 0 saturated carbocycles. The van der Waals surface area contributed by atoms with Gasteiger partial charge < -0.3 is 14.4 Å². The van der Waals surface area contributed by atoms with E-state index in [0.29, 0.717) is 5.71 Å². The molecule has 0 aliphatic rings. The smallest absolute Gasteiger partial charge is 0.329 e. The Balaban J connectivity index is 1.93. The van der Waals surface area contributed by atoms with Gasteiger partial charge in [0.2, 0.25) is 5.95 Å². The minimum absolute atomic E-state index is 0.0290. The number of anilines is 1. The minimum Gasteiger partial charge on any atom is -0.389 e. The number of fused-ring (bicyclic) bond motifs is 1. The number of hydrogen-bond acceptors (Lipinski definition) is 7. The zero-order chi connectivity index (χ0) is 23.3. The average Bonchev–Trinajstić information content (AvgIpc) is 3.12. The Hall–Kier alpha value is -3.50. The van der Waals surface area contributed by atoms with Crippen molar-refractivity contribution >= 4 is 28.9 Å². The van der Waals surface area contributed by atoms with Crippen molar-refractivity contribution in [3.63, 3.8) is 0 Å². The molecular weight excluding hydrogens is 412 g/mol. The summed E-state index contributed by atoms with van der Waals surface area (Å²) in [5.74, 6) is 0.225. The molecule has 3 rings (SSSR count). The fourth-order valence-corrected chi connectivity index (χ4v) is 3.02. The van der Waals surface area contributed by atoms with Crippen molar-refractivity contribution in [3.8, 4) is 0 Å². The summed E-state index contributed by atoms with van der Waals surface area (Å²) in [4.78, 5) is 31.2. The quantitative estimate of drug-likeness (QED) is 0.343. The average molecular weight is 441 g/mol. The number of aromatic nitrogens is 4. The molecule has 0 spiro atoms. The van der Waals surface area contributed by atoms with E-state index in [0.717, 1.165) is 5.56 Å². The van der Waals surface area contributed by atoms with Gasteiger partial charge in [-0.15, -0.1) is 0 Å². The molecule has 0 amide bonds. The van der Waals surface area contributed by atoms with Crippen LogP contribution in [0.2, 0.25) is 0 Å². The number of nitrogens with one attached hydrogen (secondary N) is 2. The van der Waals surface area contributed by atoms with Gasteiger partial charge in [-0.25, -0.2) is 10.2 Å². The maximum absolute atomic E-state index is 12.5.